The van der Waals surface area contributed by atoms with E-state index in [1.165, 1.54) is 25.3 Å². The van der Waals surface area contributed by atoms with Crippen LogP contribution in [0.4, 0.5) is 0 Å². The van der Waals surface area contributed by atoms with Crippen LogP contribution in [0, 0.1) is 6.42 Å². The third-order valence-corrected chi connectivity index (χ3v) is 3.48. The summed E-state index contributed by atoms with van der Waals surface area (Å²) in [5, 5.41) is 0. The molecule has 0 aliphatic carbocycles. The monoisotopic (exact) mass is 157 g/mol. The quantitative estimate of drug-likeness (QED) is 0.421. The molecule has 0 aromatic heterocycles. The van der Waals surface area contributed by atoms with Crippen LogP contribution in [-0.4, -0.2) is 8.07 Å². The van der Waals surface area contributed by atoms with Crippen molar-refractivity contribution in [3.63, 3.8) is 0 Å². The Kier molecular flexibility index (Phi) is 5.05. The van der Waals surface area contributed by atoms with Gasteiger partial charge in [-0.15, -0.1) is 0 Å². The minimum absolute atomic E-state index is 0.727. The van der Waals surface area contributed by atoms with E-state index in [1.54, 1.807) is 0 Å². The van der Waals surface area contributed by atoms with E-state index in [4.69, 9.17) is 0 Å². The summed E-state index contributed by atoms with van der Waals surface area (Å²) < 4.78 is 0. The van der Waals surface area contributed by atoms with Crippen LogP contribution in [0.1, 0.15) is 26.2 Å². The molecule has 61 valence electrons. The fourth-order valence-electron chi connectivity index (χ4n) is 0.981. The molecule has 0 amide bonds. The molecule has 0 N–H and O–H groups in total. The Balaban J connectivity index is 3.04. The van der Waals surface area contributed by atoms with E-state index < -0.39 is 8.07 Å². The predicted molar refractivity (Wildman–Crippen MR) is 52.0 cm³/mol. The average molecular weight is 157 g/mol. The second kappa shape index (κ2) is 4.95. The van der Waals surface area contributed by atoms with Crippen LogP contribution in [0.15, 0.2) is 0 Å². The molecule has 10 heavy (non-hydrogen) atoms. The van der Waals surface area contributed by atoms with Gasteiger partial charge in [-0.25, -0.2) is 0 Å². The summed E-state index contributed by atoms with van der Waals surface area (Å²) >= 11 is 0. The van der Waals surface area contributed by atoms with Gasteiger partial charge in [-0.2, -0.15) is 0 Å². The molecule has 0 saturated carbocycles. The molecule has 0 aliphatic rings. The van der Waals surface area contributed by atoms with E-state index in [1.807, 2.05) is 0 Å². The Morgan fingerprint density at radius 1 is 1.20 bits per heavy atom. The van der Waals surface area contributed by atoms with Gasteiger partial charge in [-0.05, 0) is 6.42 Å². The number of hydrogen-bond acceptors (Lipinski definition) is 0. The van der Waals surface area contributed by atoms with E-state index in [0.717, 1.165) is 0 Å². The van der Waals surface area contributed by atoms with E-state index in [2.05, 4.69) is 33.0 Å². The van der Waals surface area contributed by atoms with Gasteiger partial charge in [0.1, 0.15) is 0 Å². The molecule has 0 aromatic rings. The molecular weight excluding hydrogens is 136 g/mol. The molecule has 0 spiro atoms. The van der Waals surface area contributed by atoms with Gasteiger partial charge in [0, 0.05) is 8.07 Å². The summed E-state index contributed by atoms with van der Waals surface area (Å²) in [4.78, 5) is 0. The molecule has 0 saturated heterocycles. The molecule has 0 unspecified atom stereocenters. The minimum Gasteiger partial charge on any atom is -0.0695 e. The molecule has 0 heterocycles. The van der Waals surface area contributed by atoms with Crippen molar-refractivity contribution < 1.29 is 0 Å². The lowest BCUT2D eigenvalue weighted by molar-refractivity contribution is 0.840. The second-order valence-corrected chi connectivity index (χ2v) is 9.77. The zero-order valence-corrected chi connectivity index (χ0v) is 8.91. The van der Waals surface area contributed by atoms with Crippen molar-refractivity contribution in [1.82, 2.24) is 0 Å². The smallest absolute Gasteiger partial charge is 0.0442 e. The lowest BCUT2D eigenvalue weighted by Crippen LogP contribution is -2.18. The first-order chi connectivity index (χ1) is 4.56. The molecule has 0 rings (SSSR count). The van der Waals surface area contributed by atoms with Gasteiger partial charge in [-0.1, -0.05) is 51.9 Å². The van der Waals surface area contributed by atoms with Crippen LogP contribution in [-0.2, 0) is 0 Å². The Morgan fingerprint density at radius 3 is 2.20 bits per heavy atom. The van der Waals surface area contributed by atoms with Crippen molar-refractivity contribution >= 4 is 8.07 Å². The first-order valence-electron chi connectivity index (χ1n) is 4.38. The van der Waals surface area contributed by atoms with Crippen molar-refractivity contribution in [2.75, 3.05) is 0 Å². The number of unbranched alkanes of at least 4 members (excludes halogenated alkanes) is 3. The van der Waals surface area contributed by atoms with Gasteiger partial charge >= 0.3 is 0 Å². The molecule has 0 aliphatic heterocycles. The van der Waals surface area contributed by atoms with Gasteiger partial charge in [0.2, 0.25) is 0 Å². The van der Waals surface area contributed by atoms with E-state index in [-0.39, 0.29) is 0 Å². The highest BCUT2D eigenvalue weighted by Gasteiger charge is 2.10. The largest absolute Gasteiger partial charge is 0.0695 e. The predicted octanol–water partition coefficient (Wildman–Crippen LogP) is 3.72. The van der Waals surface area contributed by atoms with Crippen LogP contribution >= 0.6 is 0 Å². The SMILES string of the molecule is CC[CH]CCC[Si](C)(C)C. The van der Waals surface area contributed by atoms with Crippen LogP contribution in [0.5, 0.6) is 0 Å². The van der Waals surface area contributed by atoms with Gasteiger partial charge in [0.05, 0.1) is 0 Å². The van der Waals surface area contributed by atoms with Crippen molar-refractivity contribution in [2.24, 2.45) is 0 Å². The zero-order valence-electron chi connectivity index (χ0n) is 7.91. The normalized spacial score (nSPS) is 12.0. The lowest BCUT2D eigenvalue weighted by Gasteiger charge is -2.14. The van der Waals surface area contributed by atoms with Crippen LogP contribution in [0.25, 0.3) is 0 Å². The zero-order chi connectivity index (χ0) is 8.04. The van der Waals surface area contributed by atoms with Crippen LogP contribution in [0.3, 0.4) is 0 Å². The molecule has 0 aromatic carbocycles. The van der Waals surface area contributed by atoms with Gasteiger partial charge in [0.25, 0.3) is 0 Å². The summed E-state index contributed by atoms with van der Waals surface area (Å²) in [6.07, 6.45) is 6.39. The second-order valence-electron chi connectivity index (χ2n) is 4.15. The standard InChI is InChI=1S/C9H21Si/c1-5-6-7-8-9-10(2,3)4/h6H,5,7-9H2,1-4H3. The van der Waals surface area contributed by atoms with Crippen LogP contribution in [0.2, 0.25) is 25.7 Å². The average Bonchev–Trinajstić information content (AvgIpc) is 1.78. The third kappa shape index (κ3) is 8.22. The highest BCUT2D eigenvalue weighted by atomic mass is 28.3. The van der Waals surface area contributed by atoms with Crippen molar-refractivity contribution in [3.8, 4) is 0 Å². The highest BCUT2D eigenvalue weighted by Crippen LogP contribution is 2.13. The van der Waals surface area contributed by atoms with Gasteiger partial charge < -0.3 is 0 Å². The maximum atomic E-state index is 2.44. The van der Waals surface area contributed by atoms with E-state index in [0.29, 0.717) is 0 Å². The topological polar surface area (TPSA) is 0 Å². The van der Waals surface area contributed by atoms with Crippen molar-refractivity contribution in [3.05, 3.63) is 6.42 Å². The molecule has 0 fully saturated rings. The summed E-state index contributed by atoms with van der Waals surface area (Å²) in [5.74, 6) is 0. The highest BCUT2D eigenvalue weighted by molar-refractivity contribution is 6.76. The number of rotatable bonds is 5. The minimum atomic E-state index is -0.727. The van der Waals surface area contributed by atoms with Crippen molar-refractivity contribution in [1.29, 1.82) is 0 Å². The Morgan fingerprint density at radius 2 is 1.80 bits per heavy atom. The first kappa shape index (κ1) is 10.2. The molecule has 0 bridgehead atoms. The van der Waals surface area contributed by atoms with Crippen LogP contribution < -0.4 is 0 Å². The Bertz CT molecular complexity index is 71.3. The van der Waals surface area contributed by atoms with Gasteiger partial charge in [-0.3, -0.25) is 0 Å². The summed E-state index contributed by atoms with van der Waals surface area (Å²) in [6, 6.07) is 1.49. The fraction of sp³-hybridized carbons (Fsp3) is 0.889. The summed E-state index contributed by atoms with van der Waals surface area (Å²) in [5.41, 5.74) is 0. The van der Waals surface area contributed by atoms with Crippen molar-refractivity contribution in [2.45, 2.75) is 51.9 Å². The molecule has 1 heteroatoms. The lowest BCUT2D eigenvalue weighted by atomic mass is 10.2. The summed E-state index contributed by atoms with van der Waals surface area (Å²) in [7, 11) is -0.727. The Hall–Kier alpha value is 0.217. The maximum Gasteiger partial charge on any atom is 0.0442 e. The molecule has 0 nitrogen and oxygen atoms in total. The van der Waals surface area contributed by atoms with E-state index >= 15 is 0 Å². The molecule has 0 atom stereocenters. The molecular formula is C9H21Si. The van der Waals surface area contributed by atoms with E-state index in [9.17, 15) is 0 Å². The Labute approximate surface area is 67.0 Å². The first-order valence-corrected chi connectivity index (χ1v) is 8.08. The summed E-state index contributed by atoms with van der Waals surface area (Å²) in [6.45, 7) is 9.55. The van der Waals surface area contributed by atoms with Gasteiger partial charge in [0.15, 0.2) is 0 Å². The third-order valence-electron chi connectivity index (χ3n) is 1.62. The maximum absolute atomic E-state index is 2.44. The molecule has 1 radical (unpaired) electrons. The number of hydrogen-bond donors (Lipinski definition) is 0. The fourth-order valence-corrected chi connectivity index (χ4v) is 2.25.